The molecule has 9 heteroatoms. The van der Waals surface area contributed by atoms with Gasteiger partial charge >= 0.3 is 0 Å². The molecule has 0 aliphatic rings. The number of aliphatic hydroxyl groups excluding tert-OH is 2. The van der Waals surface area contributed by atoms with Crippen LogP contribution in [0, 0.1) is 0 Å². The van der Waals surface area contributed by atoms with Gasteiger partial charge in [-0.3, -0.25) is 9.59 Å². The minimum Gasteiger partial charge on any atom is -0.394 e. The molecule has 144 valence electrons. The average Bonchev–Trinajstić information content (AvgIpc) is 2.63. The van der Waals surface area contributed by atoms with Gasteiger partial charge in [0.05, 0.1) is 12.6 Å². The zero-order chi connectivity index (χ0) is 19.5. The smallest absolute Gasteiger partial charge is 0.253 e. The van der Waals surface area contributed by atoms with Gasteiger partial charge in [-0.1, -0.05) is 35.3 Å². The van der Waals surface area contributed by atoms with E-state index in [4.69, 9.17) is 23.2 Å². The van der Waals surface area contributed by atoms with Crippen molar-refractivity contribution in [3.05, 3.63) is 29.8 Å². The maximum absolute atomic E-state index is 11.8. The number of amides is 2. The molecular formula is C17H22Cl2N2O5. The minimum absolute atomic E-state index is 0.167. The highest BCUT2D eigenvalue weighted by molar-refractivity contribution is 6.53. The van der Waals surface area contributed by atoms with Crippen molar-refractivity contribution < 1.29 is 24.6 Å². The highest BCUT2D eigenvalue weighted by Crippen LogP contribution is 2.20. The largest absolute Gasteiger partial charge is 0.394 e. The van der Waals surface area contributed by atoms with Crippen LogP contribution in [0.1, 0.15) is 37.4 Å². The number of halogens is 2. The van der Waals surface area contributed by atoms with Gasteiger partial charge < -0.3 is 25.6 Å². The molecule has 0 spiro atoms. The van der Waals surface area contributed by atoms with Gasteiger partial charge in [0.1, 0.15) is 12.4 Å². The number of benzene rings is 1. The number of hydrogen-bond donors (Lipinski definition) is 4. The molecule has 0 radical (unpaired) electrons. The van der Waals surface area contributed by atoms with Crippen molar-refractivity contribution in [2.75, 3.05) is 11.9 Å². The maximum Gasteiger partial charge on any atom is 0.253 e. The van der Waals surface area contributed by atoms with E-state index >= 15 is 0 Å². The molecule has 2 amide bonds. The molecule has 1 aromatic rings. The molecule has 0 bridgehead atoms. The molecule has 1 aromatic carbocycles. The second-order valence-electron chi connectivity index (χ2n) is 5.63. The molecule has 26 heavy (non-hydrogen) atoms. The van der Waals surface area contributed by atoms with Crippen LogP contribution in [0.15, 0.2) is 24.3 Å². The Balaban J connectivity index is 2.60. The number of carbonyl (C=O) groups excluding carboxylic acids is 3. The molecule has 0 fully saturated rings. The lowest BCUT2D eigenvalue weighted by atomic mass is 10.0. The Morgan fingerprint density at radius 1 is 1.15 bits per heavy atom. The summed E-state index contributed by atoms with van der Waals surface area (Å²) in [6.07, 6.45) is 1.70. The predicted molar refractivity (Wildman–Crippen MR) is 99.1 cm³/mol. The number of nitrogens with one attached hydrogen (secondary N) is 2. The van der Waals surface area contributed by atoms with E-state index in [0.29, 0.717) is 36.9 Å². The van der Waals surface area contributed by atoms with Crippen molar-refractivity contribution in [1.82, 2.24) is 5.32 Å². The van der Waals surface area contributed by atoms with E-state index in [1.807, 2.05) is 0 Å². The van der Waals surface area contributed by atoms with E-state index in [2.05, 4.69) is 10.6 Å². The first-order valence-electron chi connectivity index (χ1n) is 8.10. The third-order valence-corrected chi connectivity index (χ3v) is 4.01. The van der Waals surface area contributed by atoms with Crippen LogP contribution in [0.3, 0.4) is 0 Å². The van der Waals surface area contributed by atoms with Crippen LogP contribution < -0.4 is 10.6 Å². The number of aliphatic hydroxyl groups is 2. The average molecular weight is 405 g/mol. The number of rotatable bonds is 11. The summed E-state index contributed by atoms with van der Waals surface area (Å²) in [6.45, 7) is -0.507. The highest BCUT2D eigenvalue weighted by atomic mass is 35.5. The summed E-state index contributed by atoms with van der Waals surface area (Å²) < 4.78 is 0. The second-order valence-corrected chi connectivity index (χ2v) is 6.72. The number of aldehydes is 1. The van der Waals surface area contributed by atoms with Crippen molar-refractivity contribution in [3.8, 4) is 0 Å². The summed E-state index contributed by atoms with van der Waals surface area (Å²) in [4.78, 5) is 32.2. The first-order valence-corrected chi connectivity index (χ1v) is 8.97. The van der Waals surface area contributed by atoms with E-state index in [0.717, 1.165) is 6.29 Å². The molecule has 0 aromatic heterocycles. The zero-order valence-corrected chi connectivity index (χ0v) is 15.5. The van der Waals surface area contributed by atoms with Crippen LogP contribution in [0.4, 0.5) is 5.69 Å². The highest BCUT2D eigenvalue weighted by Gasteiger charge is 2.24. The molecular weight excluding hydrogens is 383 g/mol. The summed E-state index contributed by atoms with van der Waals surface area (Å²) in [5.74, 6) is -0.884. The summed E-state index contributed by atoms with van der Waals surface area (Å²) in [5, 5.41) is 24.7. The van der Waals surface area contributed by atoms with Crippen LogP contribution in [-0.2, 0) is 14.4 Å². The lowest BCUT2D eigenvalue weighted by Crippen LogP contribution is -2.44. The third kappa shape index (κ3) is 7.70. The van der Waals surface area contributed by atoms with Crippen LogP contribution in [0.5, 0.6) is 0 Å². The fourth-order valence-electron chi connectivity index (χ4n) is 2.20. The molecule has 0 aliphatic carbocycles. The monoisotopic (exact) mass is 404 g/mol. The Bertz CT molecular complexity index is 595. The number of unbranched alkanes of at least 4 members (excludes halogenated alkanes) is 2. The number of alkyl halides is 2. The van der Waals surface area contributed by atoms with Crippen molar-refractivity contribution in [1.29, 1.82) is 0 Å². The van der Waals surface area contributed by atoms with Gasteiger partial charge in [0.15, 0.2) is 4.84 Å². The van der Waals surface area contributed by atoms with Gasteiger partial charge in [-0.15, -0.1) is 0 Å². The van der Waals surface area contributed by atoms with Crippen molar-refractivity contribution in [3.63, 3.8) is 0 Å². The minimum atomic E-state index is -1.31. The Morgan fingerprint density at radius 2 is 1.81 bits per heavy atom. The molecule has 1 rings (SSSR count). The van der Waals surface area contributed by atoms with Gasteiger partial charge in [0.25, 0.3) is 5.91 Å². The molecule has 0 saturated carbocycles. The summed E-state index contributed by atoms with van der Waals surface area (Å²) in [5.41, 5.74) is 0.988. The Labute approximate surface area is 161 Å². The van der Waals surface area contributed by atoms with Crippen LogP contribution in [-0.4, -0.2) is 45.8 Å². The topological polar surface area (TPSA) is 116 Å². The first-order chi connectivity index (χ1) is 12.4. The molecule has 7 nitrogen and oxygen atoms in total. The predicted octanol–water partition coefficient (Wildman–Crippen LogP) is 1.70. The summed E-state index contributed by atoms with van der Waals surface area (Å²) in [7, 11) is 0. The van der Waals surface area contributed by atoms with Gasteiger partial charge in [0, 0.05) is 18.5 Å². The third-order valence-electron chi connectivity index (χ3n) is 3.62. The molecule has 2 unspecified atom stereocenters. The summed E-state index contributed by atoms with van der Waals surface area (Å²) >= 11 is 10.9. The van der Waals surface area contributed by atoms with Gasteiger partial charge in [-0.25, -0.2) is 0 Å². The Hall–Kier alpha value is -1.67. The first kappa shape index (κ1) is 22.4. The lowest BCUT2D eigenvalue weighted by Gasteiger charge is -2.23. The standard InChI is InChI=1S/C17H22Cl2N2O5/c18-16(19)17(26)21-13(10-23)15(25)11-5-7-12(8-6-11)20-14(24)4-2-1-3-9-22/h5-9,13,15-16,23,25H,1-4,10H2,(H,20,24)(H,21,26). The Kier molecular flexibility index (Phi) is 10.2. The number of anilines is 1. The van der Waals surface area contributed by atoms with Crippen LogP contribution in [0.2, 0.25) is 0 Å². The maximum atomic E-state index is 11.8. The van der Waals surface area contributed by atoms with E-state index in [-0.39, 0.29) is 5.91 Å². The zero-order valence-electron chi connectivity index (χ0n) is 14.0. The molecule has 0 heterocycles. The van der Waals surface area contributed by atoms with Crippen LogP contribution >= 0.6 is 23.2 Å². The molecule has 0 saturated heterocycles. The van der Waals surface area contributed by atoms with Gasteiger partial charge in [-0.2, -0.15) is 0 Å². The van der Waals surface area contributed by atoms with Crippen molar-refractivity contribution >= 4 is 47.0 Å². The number of carbonyl (C=O) groups is 3. The molecule has 4 N–H and O–H groups in total. The SMILES string of the molecule is O=CCCCCC(=O)Nc1ccc(C(O)C(CO)NC(=O)C(Cl)Cl)cc1. The fraction of sp³-hybridized carbons (Fsp3) is 0.471. The van der Waals surface area contributed by atoms with Gasteiger partial charge in [0.2, 0.25) is 5.91 Å². The van der Waals surface area contributed by atoms with E-state index < -0.39 is 29.5 Å². The second kappa shape index (κ2) is 11.9. The van der Waals surface area contributed by atoms with Gasteiger partial charge in [-0.05, 0) is 30.5 Å². The van der Waals surface area contributed by atoms with Crippen molar-refractivity contribution in [2.24, 2.45) is 0 Å². The van der Waals surface area contributed by atoms with E-state index in [9.17, 15) is 24.6 Å². The van der Waals surface area contributed by atoms with Crippen LogP contribution in [0.25, 0.3) is 0 Å². The lowest BCUT2D eigenvalue weighted by molar-refractivity contribution is -0.121. The Morgan fingerprint density at radius 3 is 2.35 bits per heavy atom. The quantitative estimate of drug-likeness (QED) is 0.254. The normalized spacial score (nSPS) is 13.1. The fourth-order valence-corrected chi connectivity index (χ4v) is 2.33. The van der Waals surface area contributed by atoms with Crippen molar-refractivity contribution in [2.45, 2.75) is 42.7 Å². The van der Waals surface area contributed by atoms with E-state index in [1.54, 1.807) is 24.3 Å². The molecule has 2 atom stereocenters. The van der Waals surface area contributed by atoms with E-state index in [1.165, 1.54) is 0 Å². The summed E-state index contributed by atoms with van der Waals surface area (Å²) in [6, 6.07) is 5.37. The number of hydrogen-bond acceptors (Lipinski definition) is 5. The molecule has 0 aliphatic heterocycles.